The first-order valence-corrected chi connectivity index (χ1v) is 8.43. The van der Waals surface area contributed by atoms with Gasteiger partial charge in [0.2, 0.25) is 17.4 Å². The summed E-state index contributed by atoms with van der Waals surface area (Å²) in [4.78, 5) is 33.4. The van der Waals surface area contributed by atoms with Crippen LogP contribution in [0.25, 0.3) is 0 Å². The Morgan fingerprint density at radius 2 is 2.19 bits per heavy atom. The van der Waals surface area contributed by atoms with Crippen LogP contribution in [0.4, 0.5) is 0 Å². The highest BCUT2D eigenvalue weighted by Crippen LogP contribution is 2.40. The lowest BCUT2D eigenvalue weighted by Gasteiger charge is -2.49. The zero-order chi connectivity index (χ0) is 19.4. The Morgan fingerprint density at radius 1 is 1.54 bits per heavy atom. The second-order valence-electron chi connectivity index (χ2n) is 5.77. The number of carbonyl (C=O) groups excluding carboxylic acids is 2. The number of aliphatic imine (C=N–C) groups is 1. The number of rotatable bonds is 4. The molecule has 0 aliphatic carbocycles. The lowest BCUT2D eigenvalue weighted by Crippen LogP contribution is -2.75. The fraction of sp³-hybridized carbons (Fsp3) is 0.600. The van der Waals surface area contributed by atoms with Crippen molar-refractivity contribution in [1.82, 2.24) is 15.3 Å². The summed E-state index contributed by atoms with van der Waals surface area (Å²) in [6.07, 6.45) is -2.25. The highest BCUT2D eigenvalue weighted by molar-refractivity contribution is 7.80. The van der Waals surface area contributed by atoms with Crippen molar-refractivity contribution in [1.29, 1.82) is 5.41 Å². The molecule has 15 nitrogen and oxygen atoms in total. The summed E-state index contributed by atoms with van der Waals surface area (Å²) >= 11 is 0. The zero-order valence-electron chi connectivity index (χ0n) is 12.9. The van der Waals surface area contributed by atoms with E-state index in [9.17, 15) is 23.2 Å². The molecule has 3 aliphatic heterocycles. The van der Waals surface area contributed by atoms with Crippen molar-refractivity contribution in [3.05, 3.63) is 0 Å². The molecule has 2 unspecified atom stereocenters. The van der Waals surface area contributed by atoms with Crippen LogP contribution in [-0.4, -0.2) is 82.2 Å². The average Bonchev–Trinajstić information content (AvgIpc) is 3.02. The number of Topliss-reactive ketones (excluding diaryl/α,β-unsaturated/α-hetero) is 1. The molecule has 3 heterocycles. The third kappa shape index (κ3) is 2.54. The van der Waals surface area contributed by atoms with Gasteiger partial charge in [-0.2, -0.15) is 14.3 Å². The van der Waals surface area contributed by atoms with Gasteiger partial charge in [0.15, 0.2) is 12.1 Å². The van der Waals surface area contributed by atoms with E-state index in [4.69, 9.17) is 21.6 Å². The van der Waals surface area contributed by atoms with Gasteiger partial charge in [-0.15, -0.1) is 0 Å². The van der Waals surface area contributed by atoms with Crippen LogP contribution in [0.15, 0.2) is 4.99 Å². The molecule has 4 atom stereocenters. The van der Waals surface area contributed by atoms with E-state index in [0.29, 0.717) is 5.06 Å². The molecule has 16 heteroatoms. The molecule has 144 valence electrons. The van der Waals surface area contributed by atoms with E-state index in [0.717, 1.165) is 4.90 Å². The molecule has 3 aliphatic rings. The van der Waals surface area contributed by atoms with Crippen LogP contribution in [-0.2, 0) is 29.0 Å². The first-order chi connectivity index (χ1) is 12.0. The minimum atomic E-state index is -4.98. The van der Waals surface area contributed by atoms with Crippen molar-refractivity contribution in [2.75, 3.05) is 6.54 Å². The zero-order valence-corrected chi connectivity index (χ0v) is 13.7. The van der Waals surface area contributed by atoms with E-state index in [1.807, 2.05) is 0 Å². The maximum absolute atomic E-state index is 12.8. The number of ketones is 1. The van der Waals surface area contributed by atoms with Gasteiger partial charge < -0.3 is 20.8 Å². The normalized spacial score (nSPS) is 33.5. The number of nitrogens with zero attached hydrogens (tertiary/aromatic N) is 3. The van der Waals surface area contributed by atoms with Gasteiger partial charge in [0.1, 0.15) is 6.04 Å². The maximum atomic E-state index is 12.8. The third-order valence-electron chi connectivity index (χ3n) is 4.36. The van der Waals surface area contributed by atoms with Crippen LogP contribution in [0.1, 0.15) is 6.42 Å². The number of nitrogens with two attached hydrogens (primary N) is 2. The molecule has 0 aromatic carbocycles. The molecule has 8 N–H and O–H groups in total. The number of guanidine groups is 2. The monoisotopic (exact) mass is 393 g/mol. The Labute approximate surface area is 145 Å². The van der Waals surface area contributed by atoms with Crippen molar-refractivity contribution >= 4 is 34.1 Å². The van der Waals surface area contributed by atoms with Gasteiger partial charge in [0.25, 0.3) is 0 Å². The molecule has 0 amide bonds. The number of nitrogens with one attached hydrogen (secondary N) is 2. The van der Waals surface area contributed by atoms with Crippen molar-refractivity contribution in [2.24, 2.45) is 16.6 Å². The highest BCUT2D eigenvalue weighted by Gasteiger charge is 2.69. The van der Waals surface area contributed by atoms with Gasteiger partial charge in [-0.25, -0.2) is 14.2 Å². The Balaban J connectivity index is 2.04. The molecule has 2 fully saturated rings. The molecule has 0 radical (unpaired) electrons. The van der Waals surface area contributed by atoms with Crippen molar-refractivity contribution in [2.45, 2.75) is 30.3 Å². The molecule has 3 rings (SSSR count). The van der Waals surface area contributed by atoms with E-state index >= 15 is 0 Å². The van der Waals surface area contributed by atoms with Crippen LogP contribution in [0.5, 0.6) is 0 Å². The molecular formula is C10H15N7O8S. The summed E-state index contributed by atoms with van der Waals surface area (Å²) in [5.41, 5.74) is 3.76. The van der Waals surface area contributed by atoms with Gasteiger partial charge in [-0.1, -0.05) is 0 Å². The number of hydrogen-bond acceptors (Lipinski definition) is 12. The maximum Gasteiger partial charge on any atom is 0.398 e. The standard InChI is InChI=1S/C10H15N7O8S/c11-8-14-6-3(1-5(18)24-13)17(20)9(12)16-2-4(25-26(21,22)23)7(19)10(6,16)15-8/h3-4,6,12,20H,1-2,13H2,(H3,11,14,15)(H,21,22,23)/t3-,4+,6?,10?/m0/s1. The second kappa shape index (κ2) is 5.74. The van der Waals surface area contributed by atoms with E-state index in [1.165, 1.54) is 0 Å². The lowest BCUT2D eigenvalue weighted by molar-refractivity contribution is -0.158. The third-order valence-corrected chi connectivity index (χ3v) is 4.84. The van der Waals surface area contributed by atoms with Crippen LogP contribution in [0.3, 0.4) is 0 Å². The summed E-state index contributed by atoms with van der Waals surface area (Å²) in [6, 6.07) is -2.50. The summed E-state index contributed by atoms with van der Waals surface area (Å²) in [5.74, 6) is 2.03. The molecule has 2 saturated heterocycles. The van der Waals surface area contributed by atoms with Gasteiger partial charge >= 0.3 is 16.4 Å². The molecule has 0 saturated carbocycles. The van der Waals surface area contributed by atoms with Crippen LogP contribution in [0, 0.1) is 5.41 Å². The van der Waals surface area contributed by atoms with E-state index < -0.39 is 64.9 Å². The minimum Gasteiger partial charge on any atom is -0.373 e. The Bertz CT molecular complexity index is 814. The fourth-order valence-electron chi connectivity index (χ4n) is 3.42. The average molecular weight is 393 g/mol. The summed E-state index contributed by atoms with van der Waals surface area (Å²) in [6.45, 7) is -0.505. The quantitative estimate of drug-likeness (QED) is 0.197. The van der Waals surface area contributed by atoms with E-state index in [2.05, 4.69) is 19.3 Å². The fourth-order valence-corrected chi connectivity index (χ4v) is 3.86. The largest absolute Gasteiger partial charge is 0.398 e. The first-order valence-electron chi connectivity index (χ1n) is 7.06. The van der Waals surface area contributed by atoms with Crippen LogP contribution >= 0.6 is 0 Å². The SMILES string of the molecule is N=C1N(O)[C@@H](CC(=O)ON)C2N=C(N)NC23C(=O)[C@H](OS(=O)(=O)O)CN13. The first kappa shape index (κ1) is 18.3. The van der Waals surface area contributed by atoms with Crippen molar-refractivity contribution < 1.29 is 36.8 Å². The topological polar surface area (TPSA) is 234 Å². The summed E-state index contributed by atoms with van der Waals surface area (Å²) < 4.78 is 35.2. The molecule has 26 heavy (non-hydrogen) atoms. The number of hydroxylamine groups is 2. The molecule has 0 aromatic heterocycles. The van der Waals surface area contributed by atoms with Crippen molar-refractivity contribution in [3.63, 3.8) is 0 Å². The molecule has 0 aromatic rings. The van der Waals surface area contributed by atoms with Crippen LogP contribution in [0.2, 0.25) is 0 Å². The summed E-state index contributed by atoms with van der Waals surface area (Å²) in [5, 5.41) is 21.2. The molecular weight excluding hydrogens is 378 g/mol. The van der Waals surface area contributed by atoms with E-state index in [-0.39, 0.29) is 5.96 Å². The van der Waals surface area contributed by atoms with Gasteiger partial charge in [0.05, 0.1) is 19.0 Å². The highest BCUT2D eigenvalue weighted by atomic mass is 32.3. The smallest absolute Gasteiger partial charge is 0.373 e. The summed E-state index contributed by atoms with van der Waals surface area (Å²) in [7, 11) is -4.98. The van der Waals surface area contributed by atoms with Gasteiger partial charge in [-0.3, -0.25) is 24.8 Å². The second-order valence-corrected chi connectivity index (χ2v) is 6.82. The molecule has 0 bridgehead atoms. The van der Waals surface area contributed by atoms with Crippen molar-refractivity contribution in [3.8, 4) is 0 Å². The number of carbonyl (C=O) groups is 2. The van der Waals surface area contributed by atoms with Crippen LogP contribution < -0.4 is 16.9 Å². The lowest BCUT2D eigenvalue weighted by atomic mass is 9.87. The Hall–Kier alpha value is -2.53. The molecule has 1 spiro atoms. The predicted molar refractivity (Wildman–Crippen MR) is 79.4 cm³/mol. The van der Waals surface area contributed by atoms with Gasteiger partial charge in [0, 0.05) is 0 Å². The predicted octanol–water partition coefficient (Wildman–Crippen LogP) is -4.14. The van der Waals surface area contributed by atoms with Gasteiger partial charge in [-0.05, 0) is 0 Å². The Kier molecular flexibility index (Phi) is 4.03. The Morgan fingerprint density at radius 3 is 2.77 bits per heavy atom. The number of hydrogen-bond donors (Lipinski definition) is 6. The van der Waals surface area contributed by atoms with E-state index in [1.54, 1.807) is 0 Å². The minimum absolute atomic E-state index is 0.241.